The number of rotatable bonds is 4. The molecule has 0 bridgehead atoms. The Balaban J connectivity index is 1.53. The van der Waals surface area contributed by atoms with Crippen LogP contribution in [0.1, 0.15) is 27.8 Å². The third-order valence-corrected chi connectivity index (χ3v) is 4.61. The number of carbonyl (C=O) groups is 1. The molecule has 1 fully saturated rings. The number of carbonyl (C=O) groups excluding carboxylic acids is 1. The van der Waals surface area contributed by atoms with Crippen molar-refractivity contribution < 1.29 is 9.90 Å². The predicted octanol–water partition coefficient (Wildman–Crippen LogP) is 1.22. The van der Waals surface area contributed by atoms with E-state index in [0.717, 1.165) is 24.3 Å². The van der Waals surface area contributed by atoms with Gasteiger partial charge < -0.3 is 10.0 Å². The Morgan fingerprint density at radius 2 is 1.88 bits per heavy atom. The van der Waals surface area contributed by atoms with E-state index < -0.39 is 6.10 Å². The molecule has 1 aromatic carbocycles. The summed E-state index contributed by atoms with van der Waals surface area (Å²) in [5, 5.41) is 14.6. The standard InChI is InChI=1S/C18H24N4O2/c1-14-12-16(19-20(14)2)18(24)22-10-8-21(9-11-22)13-17(23)15-6-4-3-5-7-15/h3-7,12,17,23H,8-11,13H2,1-2H3/t17-/m0/s1. The number of piperazine rings is 1. The van der Waals surface area contributed by atoms with E-state index >= 15 is 0 Å². The maximum atomic E-state index is 12.5. The van der Waals surface area contributed by atoms with E-state index in [1.807, 2.05) is 55.3 Å². The Morgan fingerprint density at radius 3 is 2.46 bits per heavy atom. The van der Waals surface area contributed by atoms with Crippen LogP contribution in [0.3, 0.4) is 0 Å². The van der Waals surface area contributed by atoms with E-state index in [2.05, 4.69) is 10.00 Å². The Bertz CT molecular complexity index is 671. The zero-order chi connectivity index (χ0) is 17.1. The van der Waals surface area contributed by atoms with Gasteiger partial charge in [0.1, 0.15) is 0 Å². The van der Waals surface area contributed by atoms with E-state index in [1.54, 1.807) is 4.68 Å². The van der Waals surface area contributed by atoms with Crippen molar-refractivity contribution in [2.24, 2.45) is 7.05 Å². The molecule has 1 aliphatic heterocycles. The van der Waals surface area contributed by atoms with E-state index in [-0.39, 0.29) is 5.91 Å². The van der Waals surface area contributed by atoms with Crippen LogP contribution in [-0.4, -0.2) is 63.3 Å². The SMILES string of the molecule is Cc1cc(C(=O)N2CCN(C[C@H](O)c3ccccc3)CC2)nn1C. The summed E-state index contributed by atoms with van der Waals surface area (Å²) in [6, 6.07) is 11.5. The highest BCUT2D eigenvalue weighted by atomic mass is 16.3. The molecule has 0 radical (unpaired) electrons. The number of aromatic nitrogens is 2. The number of hydrogen-bond acceptors (Lipinski definition) is 4. The first-order valence-corrected chi connectivity index (χ1v) is 8.30. The van der Waals surface area contributed by atoms with Crippen LogP contribution in [0.5, 0.6) is 0 Å². The highest BCUT2D eigenvalue weighted by molar-refractivity contribution is 5.92. The van der Waals surface area contributed by atoms with Gasteiger partial charge in [-0.2, -0.15) is 5.10 Å². The van der Waals surface area contributed by atoms with Crippen LogP contribution in [0.15, 0.2) is 36.4 Å². The predicted molar refractivity (Wildman–Crippen MR) is 91.7 cm³/mol. The molecule has 2 heterocycles. The zero-order valence-electron chi connectivity index (χ0n) is 14.2. The Labute approximate surface area is 142 Å². The van der Waals surface area contributed by atoms with Crippen LogP contribution >= 0.6 is 0 Å². The van der Waals surface area contributed by atoms with Crippen LogP contribution in [0.2, 0.25) is 0 Å². The van der Waals surface area contributed by atoms with Gasteiger partial charge in [0.05, 0.1) is 6.10 Å². The number of aliphatic hydroxyl groups excluding tert-OH is 1. The second-order valence-corrected chi connectivity index (χ2v) is 6.31. The lowest BCUT2D eigenvalue weighted by molar-refractivity contribution is 0.0522. The molecule has 0 saturated carbocycles. The number of amides is 1. The van der Waals surface area contributed by atoms with Crippen molar-refractivity contribution in [2.75, 3.05) is 32.7 Å². The molecule has 128 valence electrons. The van der Waals surface area contributed by atoms with Crippen molar-refractivity contribution in [2.45, 2.75) is 13.0 Å². The van der Waals surface area contributed by atoms with Crippen LogP contribution in [0, 0.1) is 6.92 Å². The molecule has 0 spiro atoms. The van der Waals surface area contributed by atoms with Gasteiger partial charge in [-0.15, -0.1) is 0 Å². The summed E-state index contributed by atoms with van der Waals surface area (Å²) in [4.78, 5) is 16.5. The fourth-order valence-corrected chi connectivity index (χ4v) is 2.99. The third kappa shape index (κ3) is 3.66. The minimum absolute atomic E-state index is 0.0121. The molecule has 1 aliphatic rings. The summed E-state index contributed by atoms with van der Waals surface area (Å²) in [6.45, 7) is 5.39. The molecule has 24 heavy (non-hydrogen) atoms. The topological polar surface area (TPSA) is 61.6 Å². The van der Waals surface area contributed by atoms with E-state index in [9.17, 15) is 9.90 Å². The summed E-state index contributed by atoms with van der Waals surface area (Å²) in [5.74, 6) is -0.0121. The minimum Gasteiger partial charge on any atom is -0.387 e. The lowest BCUT2D eigenvalue weighted by Crippen LogP contribution is -2.49. The van der Waals surface area contributed by atoms with Gasteiger partial charge in [-0.1, -0.05) is 30.3 Å². The van der Waals surface area contributed by atoms with Crippen LogP contribution in [-0.2, 0) is 7.05 Å². The van der Waals surface area contributed by atoms with E-state index in [0.29, 0.717) is 25.3 Å². The van der Waals surface area contributed by atoms with Crippen LogP contribution < -0.4 is 0 Å². The fourth-order valence-electron chi connectivity index (χ4n) is 2.99. The molecular formula is C18H24N4O2. The first kappa shape index (κ1) is 16.7. The maximum Gasteiger partial charge on any atom is 0.274 e. The van der Waals surface area contributed by atoms with Gasteiger partial charge in [0, 0.05) is 45.5 Å². The molecule has 3 rings (SSSR count). The normalized spacial score (nSPS) is 17.0. The molecule has 1 amide bonds. The van der Waals surface area contributed by atoms with Gasteiger partial charge in [0.2, 0.25) is 0 Å². The molecule has 2 aromatic rings. The number of β-amino-alcohol motifs (C(OH)–C–C–N with tert-alkyl or cyclic N) is 1. The quantitative estimate of drug-likeness (QED) is 0.917. The van der Waals surface area contributed by atoms with Gasteiger partial charge in [0.25, 0.3) is 5.91 Å². The van der Waals surface area contributed by atoms with Crippen molar-refractivity contribution in [3.05, 3.63) is 53.3 Å². The number of nitrogens with zero attached hydrogens (tertiary/aromatic N) is 4. The van der Waals surface area contributed by atoms with Gasteiger partial charge in [-0.3, -0.25) is 14.4 Å². The molecule has 0 aliphatic carbocycles. The highest BCUT2D eigenvalue weighted by Crippen LogP contribution is 2.15. The van der Waals surface area contributed by atoms with Crippen LogP contribution in [0.4, 0.5) is 0 Å². The minimum atomic E-state index is -0.494. The third-order valence-electron chi connectivity index (χ3n) is 4.61. The summed E-state index contributed by atoms with van der Waals surface area (Å²) >= 11 is 0. The molecular weight excluding hydrogens is 304 g/mol. The number of aliphatic hydroxyl groups is 1. The molecule has 6 heteroatoms. The van der Waals surface area contributed by atoms with Gasteiger partial charge in [-0.25, -0.2) is 0 Å². The summed E-state index contributed by atoms with van der Waals surface area (Å²) in [7, 11) is 1.84. The molecule has 6 nitrogen and oxygen atoms in total. The first-order valence-electron chi connectivity index (χ1n) is 8.30. The largest absolute Gasteiger partial charge is 0.387 e. The lowest BCUT2D eigenvalue weighted by atomic mass is 10.1. The van der Waals surface area contributed by atoms with E-state index in [1.165, 1.54) is 0 Å². The van der Waals surface area contributed by atoms with Crippen molar-refractivity contribution in [1.29, 1.82) is 0 Å². The number of hydrogen-bond donors (Lipinski definition) is 1. The van der Waals surface area contributed by atoms with Gasteiger partial charge in [-0.05, 0) is 18.6 Å². The average molecular weight is 328 g/mol. The Hall–Kier alpha value is -2.18. The number of benzene rings is 1. The molecule has 1 atom stereocenters. The van der Waals surface area contributed by atoms with Gasteiger partial charge in [0.15, 0.2) is 5.69 Å². The monoisotopic (exact) mass is 328 g/mol. The second kappa shape index (κ2) is 7.15. The van der Waals surface area contributed by atoms with Crippen molar-refractivity contribution in [3.8, 4) is 0 Å². The number of aryl methyl sites for hydroxylation is 2. The Morgan fingerprint density at radius 1 is 1.21 bits per heavy atom. The average Bonchev–Trinajstić information content (AvgIpc) is 2.95. The van der Waals surface area contributed by atoms with Crippen molar-refractivity contribution in [1.82, 2.24) is 19.6 Å². The summed E-state index contributed by atoms with van der Waals surface area (Å²) < 4.78 is 1.72. The molecule has 0 unspecified atom stereocenters. The molecule has 1 saturated heterocycles. The zero-order valence-corrected chi connectivity index (χ0v) is 14.2. The summed E-state index contributed by atoms with van der Waals surface area (Å²) in [5.41, 5.74) is 2.41. The summed E-state index contributed by atoms with van der Waals surface area (Å²) in [6.07, 6.45) is -0.494. The highest BCUT2D eigenvalue weighted by Gasteiger charge is 2.25. The maximum absolute atomic E-state index is 12.5. The molecule has 1 aromatic heterocycles. The first-order chi connectivity index (χ1) is 11.5. The van der Waals surface area contributed by atoms with Crippen molar-refractivity contribution in [3.63, 3.8) is 0 Å². The Kier molecular flexibility index (Phi) is 4.97. The van der Waals surface area contributed by atoms with Crippen LogP contribution in [0.25, 0.3) is 0 Å². The van der Waals surface area contributed by atoms with E-state index in [4.69, 9.17) is 0 Å². The second-order valence-electron chi connectivity index (χ2n) is 6.31. The van der Waals surface area contributed by atoms with Crippen molar-refractivity contribution >= 4 is 5.91 Å². The smallest absolute Gasteiger partial charge is 0.274 e. The van der Waals surface area contributed by atoms with Gasteiger partial charge >= 0.3 is 0 Å². The fraction of sp³-hybridized carbons (Fsp3) is 0.444. The lowest BCUT2D eigenvalue weighted by Gasteiger charge is -2.35. The molecule has 1 N–H and O–H groups in total.